The maximum absolute atomic E-state index is 13.1. The van der Waals surface area contributed by atoms with Crippen LogP contribution in [0, 0.1) is 5.92 Å². The molecule has 1 fully saturated rings. The lowest BCUT2D eigenvalue weighted by Crippen LogP contribution is -2.50. The van der Waals surface area contributed by atoms with Crippen LogP contribution >= 0.6 is 0 Å². The molecule has 2 atom stereocenters. The molecule has 2 aromatic carbocycles. The molecule has 3 aromatic rings. The van der Waals surface area contributed by atoms with Crippen molar-refractivity contribution in [2.75, 3.05) is 37.9 Å². The number of amides is 3. The fraction of sp³-hybridized carbons (Fsp3) is 0.321. The van der Waals surface area contributed by atoms with Crippen LogP contribution in [-0.2, 0) is 17.8 Å². The van der Waals surface area contributed by atoms with Crippen LogP contribution in [-0.4, -0.2) is 48.7 Å². The van der Waals surface area contributed by atoms with Crippen molar-refractivity contribution in [2.24, 2.45) is 5.92 Å². The molecule has 37 heavy (non-hydrogen) atoms. The molecule has 3 heterocycles. The third kappa shape index (κ3) is 5.30. The van der Waals surface area contributed by atoms with E-state index in [9.17, 15) is 14.4 Å². The first kappa shape index (κ1) is 24.4. The lowest BCUT2D eigenvalue weighted by Gasteiger charge is -2.43. The average molecular weight is 503 g/mol. The Morgan fingerprint density at radius 1 is 0.865 bits per heavy atom. The normalized spacial score (nSPS) is 17.9. The minimum Gasteiger partial charge on any atom is -0.497 e. The van der Waals surface area contributed by atoms with Crippen LogP contribution in [0.15, 0.2) is 65.5 Å². The van der Waals surface area contributed by atoms with E-state index in [1.54, 1.807) is 54.0 Å². The minimum atomic E-state index is -0.184. The predicted molar refractivity (Wildman–Crippen MR) is 140 cm³/mol. The SMILES string of the molecule is COc1ccc(CC(=O)Nc2ccc(=O)n3c2[C@@H]2C[C@@H](CN(C(=O)Nc4ccc(OC)cc4)C2)C3)cc1. The monoisotopic (exact) mass is 502 g/mol. The van der Waals surface area contributed by atoms with E-state index in [1.807, 2.05) is 24.3 Å². The van der Waals surface area contributed by atoms with E-state index in [1.165, 1.54) is 6.07 Å². The Morgan fingerprint density at radius 2 is 1.54 bits per heavy atom. The fourth-order valence-electron chi connectivity index (χ4n) is 5.29. The summed E-state index contributed by atoms with van der Waals surface area (Å²) in [6.07, 6.45) is 1.06. The molecular formula is C28H30N4O5. The molecule has 5 rings (SSSR count). The summed E-state index contributed by atoms with van der Waals surface area (Å²) >= 11 is 0. The summed E-state index contributed by atoms with van der Waals surface area (Å²) in [7, 11) is 3.20. The van der Waals surface area contributed by atoms with Crippen LogP contribution in [0.25, 0.3) is 0 Å². The standard InChI is InChI=1S/C28H30N4O5/c1-36-22-7-3-18(4-8-22)14-25(33)30-24-11-12-26(34)32-16-19-13-20(27(24)32)17-31(15-19)28(35)29-21-5-9-23(37-2)10-6-21/h3-12,19-20H,13-17H2,1-2H3,(H,29,35)(H,30,33)/t19-,20+/m0/s1. The van der Waals surface area contributed by atoms with Crippen molar-refractivity contribution in [1.29, 1.82) is 0 Å². The van der Waals surface area contributed by atoms with Gasteiger partial charge in [-0.15, -0.1) is 0 Å². The van der Waals surface area contributed by atoms with Crippen LogP contribution in [0.5, 0.6) is 11.5 Å². The molecule has 1 aromatic heterocycles. The average Bonchev–Trinajstić information content (AvgIpc) is 2.91. The molecule has 2 aliphatic rings. The summed E-state index contributed by atoms with van der Waals surface area (Å²) in [5.41, 5.74) is 2.87. The molecule has 0 saturated carbocycles. The molecule has 3 amide bonds. The van der Waals surface area contributed by atoms with E-state index in [0.29, 0.717) is 36.8 Å². The van der Waals surface area contributed by atoms with E-state index < -0.39 is 0 Å². The van der Waals surface area contributed by atoms with Gasteiger partial charge in [-0.2, -0.15) is 0 Å². The van der Waals surface area contributed by atoms with Gasteiger partial charge >= 0.3 is 6.03 Å². The van der Waals surface area contributed by atoms with E-state index in [4.69, 9.17) is 9.47 Å². The molecule has 2 bridgehead atoms. The van der Waals surface area contributed by atoms with E-state index in [2.05, 4.69) is 10.6 Å². The second kappa shape index (κ2) is 10.4. The molecule has 2 N–H and O–H groups in total. The number of hydrogen-bond donors (Lipinski definition) is 2. The fourth-order valence-corrected chi connectivity index (χ4v) is 5.29. The van der Waals surface area contributed by atoms with Crippen molar-refractivity contribution in [1.82, 2.24) is 9.47 Å². The highest BCUT2D eigenvalue weighted by molar-refractivity contribution is 5.93. The quantitative estimate of drug-likeness (QED) is 0.535. The molecule has 2 aliphatic heterocycles. The highest BCUT2D eigenvalue weighted by atomic mass is 16.5. The number of hydrogen-bond acceptors (Lipinski definition) is 5. The first-order chi connectivity index (χ1) is 17.9. The Hall–Kier alpha value is -4.27. The molecule has 9 heteroatoms. The molecule has 0 spiro atoms. The molecule has 0 unspecified atom stereocenters. The lowest BCUT2D eigenvalue weighted by molar-refractivity contribution is -0.115. The Morgan fingerprint density at radius 3 is 2.22 bits per heavy atom. The number of likely N-dealkylation sites (tertiary alicyclic amines) is 1. The molecule has 9 nitrogen and oxygen atoms in total. The summed E-state index contributed by atoms with van der Waals surface area (Å²) in [6, 6.07) is 17.5. The third-order valence-corrected chi connectivity index (χ3v) is 7.02. The number of methoxy groups -OCH3 is 2. The van der Waals surface area contributed by atoms with Crippen molar-refractivity contribution in [3.05, 3.63) is 82.3 Å². The summed E-state index contributed by atoms with van der Waals surface area (Å²) in [6.45, 7) is 1.54. The summed E-state index contributed by atoms with van der Waals surface area (Å²) in [5, 5.41) is 5.97. The van der Waals surface area contributed by atoms with Gasteiger partial charge < -0.3 is 29.6 Å². The lowest BCUT2D eigenvalue weighted by atomic mass is 9.82. The largest absolute Gasteiger partial charge is 0.497 e. The first-order valence-corrected chi connectivity index (χ1v) is 12.3. The van der Waals surface area contributed by atoms with Crippen molar-refractivity contribution < 1.29 is 19.1 Å². The summed E-state index contributed by atoms with van der Waals surface area (Å²) in [5.74, 6) is 1.39. The van der Waals surface area contributed by atoms with Crippen molar-refractivity contribution in [3.8, 4) is 11.5 Å². The summed E-state index contributed by atoms with van der Waals surface area (Å²) in [4.78, 5) is 40.5. The number of piperidine rings is 1. The van der Waals surface area contributed by atoms with Gasteiger partial charge in [0.2, 0.25) is 5.91 Å². The number of rotatable bonds is 6. The van der Waals surface area contributed by atoms with Crippen LogP contribution in [0.4, 0.5) is 16.2 Å². The summed E-state index contributed by atoms with van der Waals surface area (Å²) < 4.78 is 12.1. The van der Waals surface area contributed by atoms with Gasteiger partial charge in [0.25, 0.3) is 5.56 Å². The molecule has 0 radical (unpaired) electrons. The number of pyridine rings is 1. The number of urea groups is 1. The van der Waals surface area contributed by atoms with Gasteiger partial charge in [0.05, 0.1) is 26.3 Å². The smallest absolute Gasteiger partial charge is 0.321 e. The third-order valence-electron chi connectivity index (χ3n) is 7.02. The number of fused-ring (bicyclic) bond motifs is 4. The number of carbonyl (C=O) groups is 2. The Balaban J connectivity index is 1.32. The highest BCUT2D eigenvalue weighted by Gasteiger charge is 2.38. The zero-order valence-electron chi connectivity index (χ0n) is 20.9. The number of carbonyl (C=O) groups excluding carboxylic acids is 2. The maximum atomic E-state index is 13.1. The topological polar surface area (TPSA) is 102 Å². The minimum absolute atomic E-state index is 0.0562. The number of ether oxygens (including phenoxy) is 2. The maximum Gasteiger partial charge on any atom is 0.321 e. The number of nitrogens with zero attached hydrogens (tertiary/aromatic N) is 2. The van der Waals surface area contributed by atoms with E-state index in [-0.39, 0.29) is 35.8 Å². The van der Waals surface area contributed by atoms with Gasteiger partial charge in [-0.3, -0.25) is 9.59 Å². The van der Waals surface area contributed by atoms with Gasteiger partial charge in [-0.25, -0.2) is 4.79 Å². The molecule has 0 aliphatic carbocycles. The van der Waals surface area contributed by atoms with Crippen molar-refractivity contribution in [3.63, 3.8) is 0 Å². The first-order valence-electron chi connectivity index (χ1n) is 12.3. The van der Waals surface area contributed by atoms with Crippen LogP contribution in [0.3, 0.4) is 0 Å². The zero-order valence-corrected chi connectivity index (χ0v) is 20.9. The molecule has 1 saturated heterocycles. The van der Waals surface area contributed by atoms with Gasteiger partial charge in [0, 0.05) is 43.0 Å². The van der Waals surface area contributed by atoms with Gasteiger partial charge in [0.15, 0.2) is 0 Å². The van der Waals surface area contributed by atoms with Gasteiger partial charge in [0.1, 0.15) is 11.5 Å². The predicted octanol–water partition coefficient (Wildman–Crippen LogP) is 3.70. The number of nitrogens with one attached hydrogen (secondary N) is 2. The van der Waals surface area contributed by atoms with E-state index in [0.717, 1.165) is 23.4 Å². The van der Waals surface area contributed by atoms with Crippen LogP contribution in [0.1, 0.15) is 23.6 Å². The van der Waals surface area contributed by atoms with E-state index >= 15 is 0 Å². The molecular weight excluding hydrogens is 472 g/mol. The van der Waals surface area contributed by atoms with Crippen molar-refractivity contribution in [2.45, 2.75) is 25.3 Å². The molecule has 192 valence electrons. The Bertz CT molecular complexity index is 1350. The Labute approximate surface area is 215 Å². The van der Waals surface area contributed by atoms with Crippen LogP contribution in [0.2, 0.25) is 0 Å². The highest BCUT2D eigenvalue weighted by Crippen LogP contribution is 2.38. The van der Waals surface area contributed by atoms with Crippen molar-refractivity contribution >= 4 is 23.3 Å². The number of aromatic nitrogens is 1. The second-order valence-corrected chi connectivity index (χ2v) is 9.52. The Kier molecular flexibility index (Phi) is 6.85. The number of benzene rings is 2. The number of anilines is 2. The second-order valence-electron chi connectivity index (χ2n) is 9.52. The van der Waals surface area contributed by atoms with Gasteiger partial charge in [-0.1, -0.05) is 12.1 Å². The van der Waals surface area contributed by atoms with Crippen LogP contribution < -0.4 is 25.7 Å². The van der Waals surface area contributed by atoms with Gasteiger partial charge in [-0.05, 0) is 60.4 Å². The zero-order chi connectivity index (χ0) is 25.9.